The van der Waals surface area contributed by atoms with Gasteiger partial charge < -0.3 is 18.4 Å². The molecule has 4 rings (SSSR count). The van der Waals surface area contributed by atoms with Gasteiger partial charge in [0.2, 0.25) is 11.3 Å². The first-order valence-corrected chi connectivity index (χ1v) is 12.6. The number of amides is 2. The minimum absolute atomic E-state index is 0.110. The van der Waals surface area contributed by atoms with Gasteiger partial charge in [-0.15, -0.1) is 0 Å². The lowest BCUT2D eigenvalue weighted by Gasteiger charge is -2.27. The van der Waals surface area contributed by atoms with Crippen molar-refractivity contribution in [1.29, 1.82) is 0 Å². The summed E-state index contributed by atoms with van der Waals surface area (Å²) >= 11 is 0. The second kappa shape index (κ2) is 9.57. The van der Waals surface area contributed by atoms with Crippen LogP contribution in [0.2, 0.25) is 0 Å². The minimum Gasteiger partial charge on any atom is -0.424 e. The van der Waals surface area contributed by atoms with Crippen molar-refractivity contribution in [2.24, 2.45) is 0 Å². The number of imide groups is 1. The number of carbonyl (C=O) groups is 2. The predicted molar refractivity (Wildman–Crippen MR) is 119 cm³/mol. The number of nitrogens with zero attached hydrogens (tertiary/aromatic N) is 3. The van der Waals surface area contributed by atoms with Gasteiger partial charge in [-0.05, 0) is 45.2 Å². The molecule has 0 spiro atoms. The van der Waals surface area contributed by atoms with Crippen molar-refractivity contribution in [3.05, 3.63) is 41.3 Å². The highest BCUT2D eigenvalue weighted by atomic mass is 31.2. The summed E-state index contributed by atoms with van der Waals surface area (Å²) < 4.78 is 30.6. The van der Waals surface area contributed by atoms with Crippen molar-refractivity contribution in [1.82, 2.24) is 9.88 Å². The van der Waals surface area contributed by atoms with Gasteiger partial charge in [-0.25, -0.2) is 4.98 Å². The third kappa shape index (κ3) is 4.25. The minimum atomic E-state index is -3.67. The Bertz CT molecular complexity index is 1000. The Morgan fingerprint density at radius 2 is 1.59 bits per heavy atom. The lowest BCUT2D eigenvalue weighted by molar-refractivity contribution is 0.0654. The number of oxazole rings is 1. The van der Waals surface area contributed by atoms with E-state index in [0.717, 1.165) is 32.4 Å². The molecular formula is C22H28N3O6P. The molecule has 0 atom stereocenters. The predicted octanol–water partition coefficient (Wildman–Crippen LogP) is 3.40. The number of carbonyl (C=O) groups excluding carboxylic acids is 2. The van der Waals surface area contributed by atoms with Gasteiger partial charge in [0.05, 0.1) is 24.3 Å². The van der Waals surface area contributed by atoms with Crippen LogP contribution in [0.5, 0.6) is 0 Å². The molecule has 172 valence electrons. The van der Waals surface area contributed by atoms with Gasteiger partial charge in [0.1, 0.15) is 0 Å². The first-order valence-electron chi connectivity index (χ1n) is 11.1. The van der Waals surface area contributed by atoms with Crippen LogP contribution in [-0.4, -0.2) is 54.5 Å². The van der Waals surface area contributed by atoms with Crippen molar-refractivity contribution >= 4 is 30.7 Å². The third-order valence-electron chi connectivity index (χ3n) is 5.56. The smallest absolute Gasteiger partial charge is 0.385 e. The Labute approximate surface area is 187 Å². The van der Waals surface area contributed by atoms with Crippen LogP contribution in [0.25, 0.3) is 0 Å². The molecule has 9 nitrogen and oxygen atoms in total. The molecule has 2 aliphatic rings. The molecule has 3 heterocycles. The molecule has 2 aliphatic heterocycles. The zero-order chi connectivity index (χ0) is 22.7. The fourth-order valence-corrected chi connectivity index (χ4v) is 5.74. The lowest BCUT2D eigenvalue weighted by atomic mass is 10.1. The number of hydrogen-bond acceptors (Lipinski definition) is 8. The highest BCUT2D eigenvalue weighted by molar-refractivity contribution is 7.62. The maximum atomic E-state index is 13.5. The van der Waals surface area contributed by atoms with Gasteiger partial charge in [0.25, 0.3) is 11.8 Å². The topological polar surface area (TPSA) is 102 Å². The molecule has 0 N–H and O–H groups in total. The van der Waals surface area contributed by atoms with Crippen LogP contribution >= 0.6 is 7.60 Å². The van der Waals surface area contributed by atoms with Gasteiger partial charge in [-0.3, -0.25) is 19.1 Å². The number of aromatic nitrogens is 1. The normalized spacial score (nSPS) is 16.7. The number of fused-ring (bicyclic) bond motifs is 1. The van der Waals surface area contributed by atoms with E-state index < -0.39 is 7.60 Å². The van der Waals surface area contributed by atoms with Gasteiger partial charge in [-0.2, -0.15) is 0 Å². The molecule has 0 radical (unpaired) electrons. The number of hydrogen-bond donors (Lipinski definition) is 0. The average Bonchev–Trinajstić information content (AvgIpc) is 3.34. The Morgan fingerprint density at radius 1 is 1.00 bits per heavy atom. The van der Waals surface area contributed by atoms with E-state index in [-0.39, 0.29) is 49.3 Å². The van der Waals surface area contributed by atoms with E-state index >= 15 is 0 Å². The van der Waals surface area contributed by atoms with Crippen LogP contribution in [0.4, 0.5) is 5.88 Å². The first kappa shape index (κ1) is 22.7. The maximum Gasteiger partial charge on any atom is 0.385 e. The molecule has 0 unspecified atom stereocenters. The van der Waals surface area contributed by atoms with Crippen LogP contribution < -0.4 is 10.3 Å². The van der Waals surface area contributed by atoms with E-state index in [9.17, 15) is 14.2 Å². The number of benzene rings is 1. The standard InChI is InChI=1S/C22H28N3O6P/c1-3-29-32(28,30-4-2)19-22(24-13-8-5-9-14-24)31-18(23-19)12-15-25-20(26)16-10-6-7-11-17(16)21(25)27/h6-7,10-11H,3-5,8-9,12-15H2,1-2H3. The summed E-state index contributed by atoms with van der Waals surface area (Å²) in [5, 5.41) is 0. The SMILES string of the molecule is CCOP(=O)(OCC)c1nc(CCN2C(=O)c3ccccc3C2=O)oc1N1CCCCC1. The van der Waals surface area contributed by atoms with Crippen LogP contribution in [0.1, 0.15) is 59.7 Å². The molecule has 1 saturated heterocycles. The van der Waals surface area contributed by atoms with Crippen molar-refractivity contribution < 1.29 is 27.6 Å². The Kier molecular flexibility index (Phi) is 6.79. The van der Waals surface area contributed by atoms with E-state index in [0.29, 0.717) is 17.0 Å². The number of anilines is 1. The Hall–Kier alpha value is -2.48. The van der Waals surface area contributed by atoms with Crippen molar-refractivity contribution in [2.45, 2.75) is 39.5 Å². The summed E-state index contributed by atoms with van der Waals surface area (Å²) in [7, 11) is -3.67. The molecule has 1 aromatic heterocycles. The second-order valence-corrected chi connectivity index (χ2v) is 9.61. The molecular weight excluding hydrogens is 433 g/mol. The van der Waals surface area contributed by atoms with Crippen LogP contribution in [0, 0.1) is 0 Å². The molecule has 2 amide bonds. The van der Waals surface area contributed by atoms with Crippen LogP contribution in [0.3, 0.4) is 0 Å². The fraction of sp³-hybridized carbons (Fsp3) is 0.500. The molecule has 0 saturated carbocycles. The summed E-state index contributed by atoms with van der Waals surface area (Å²) in [4.78, 5) is 33.0. The first-order chi connectivity index (χ1) is 15.5. The summed E-state index contributed by atoms with van der Waals surface area (Å²) in [5.74, 6) is 0.0231. The maximum absolute atomic E-state index is 13.5. The third-order valence-corrected chi connectivity index (χ3v) is 7.57. The second-order valence-electron chi connectivity index (χ2n) is 7.67. The van der Waals surface area contributed by atoms with Crippen LogP contribution in [0.15, 0.2) is 28.7 Å². The van der Waals surface area contributed by atoms with Gasteiger partial charge in [0.15, 0.2) is 5.89 Å². The number of rotatable bonds is 9. The van der Waals surface area contributed by atoms with Gasteiger partial charge in [-0.1, -0.05) is 12.1 Å². The zero-order valence-electron chi connectivity index (χ0n) is 18.4. The molecule has 0 bridgehead atoms. The molecule has 1 fully saturated rings. The Balaban J connectivity index is 1.59. The largest absolute Gasteiger partial charge is 0.424 e. The van der Waals surface area contributed by atoms with E-state index in [1.165, 1.54) is 4.90 Å². The molecule has 0 aliphatic carbocycles. The molecule has 10 heteroatoms. The summed E-state index contributed by atoms with van der Waals surface area (Å²) in [6, 6.07) is 6.76. The molecule has 32 heavy (non-hydrogen) atoms. The summed E-state index contributed by atoms with van der Waals surface area (Å²) in [5.41, 5.74) is 0.967. The summed E-state index contributed by atoms with van der Waals surface area (Å²) in [6.45, 7) is 5.53. The van der Waals surface area contributed by atoms with E-state index in [4.69, 9.17) is 13.5 Å². The zero-order valence-corrected chi connectivity index (χ0v) is 19.3. The van der Waals surface area contributed by atoms with Gasteiger partial charge in [0, 0.05) is 26.1 Å². The van der Waals surface area contributed by atoms with Crippen molar-refractivity contribution in [3.8, 4) is 0 Å². The lowest BCUT2D eigenvalue weighted by Crippen LogP contribution is -2.33. The highest BCUT2D eigenvalue weighted by Crippen LogP contribution is 2.49. The van der Waals surface area contributed by atoms with E-state index in [2.05, 4.69) is 4.98 Å². The van der Waals surface area contributed by atoms with Crippen LogP contribution in [-0.2, 0) is 20.0 Å². The van der Waals surface area contributed by atoms with E-state index in [1.807, 2.05) is 4.90 Å². The van der Waals surface area contributed by atoms with Gasteiger partial charge >= 0.3 is 7.60 Å². The summed E-state index contributed by atoms with van der Waals surface area (Å²) in [6.07, 6.45) is 3.32. The average molecular weight is 461 g/mol. The van der Waals surface area contributed by atoms with Crippen molar-refractivity contribution in [2.75, 3.05) is 37.7 Å². The van der Waals surface area contributed by atoms with Crippen molar-refractivity contribution in [3.63, 3.8) is 0 Å². The Morgan fingerprint density at radius 3 is 2.16 bits per heavy atom. The number of piperidine rings is 1. The quantitative estimate of drug-likeness (QED) is 0.414. The highest BCUT2D eigenvalue weighted by Gasteiger charge is 2.39. The van der Waals surface area contributed by atoms with E-state index in [1.54, 1.807) is 38.1 Å². The molecule has 2 aromatic rings. The molecule has 1 aromatic carbocycles. The fourth-order valence-electron chi connectivity index (χ4n) is 4.08. The monoisotopic (exact) mass is 461 g/mol.